The Balaban J connectivity index is 1.21. The Morgan fingerprint density at radius 3 is 2.55 bits per heavy atom. The lowest BCUT2D eigenvalue weighted by atomic mass is 10.0. The van der Waals surface area contributed by atoms with Gasteiger partial charge in [0.05, 0.1) is 24.0 Å². The summed E-state index contributed by atoms with van der Waals surface area (Å²) in [4.78, 5) is 22.1. The fraction of sp³-hybridized carbons (Fsp3) is 0.379. The van der Waals surface area contributed by atoms with Crippen molar-refractivity contribution in [3.05, 3.63) is 54.7 Å². The first kappa shape index (κ1) is 26.0. The smallest absolute Gasteiger partial charge is 0.228 e. The van der Waals surface area contributed by atoms with E-state index in [2.05, 4.69) is 47.4 Å². The van der Waals surface area contributed by atoms with Crippen LogP contribution < -0.4 is 25.0 Å². The molecule has 0 unspecified atom stereocenters. The van der Waals surface area contributed by atoms with Crippen LogP contribution in [0, 0.1) is 5.82 Å². The van der Waals surface area contributed by atoms with Crippen molar-refractivity contribution in [1.29, 1.82) is 0 Å². The summed E-state index contributed by atoms with van der Waals surface area (Å²) in [6, 6.07) is 10.5. The Morgan fingerprint density at radius 1 is 0.950 bits per heavy atom. The van der Waals surface area contributed by atoms with Gasteiger partial charge in [0.1, 0.15) is 29.5 Å². The molecule has 0 amide bonds. The van der Waals surface area contributed by atoms with Gasteiger partial charge in [0.25, 0.3) is 0 Å². The largest absolute Gasteiger partial charge is 0.495 e. The van der Waals surface area contributed by atoms with E-state index < -0.39 is 5.82 Å². The lowest BCUT2D eigenvalue weighted by Gasteiger charge is -2.30. The zero-order valence-electron chi connectivity index (χ0n) is 22.7. The lowest BCUT2D eigenvalue weighted by Crippen LogP contribution is -2.36. The van der Waals surface area contributed by atoms with Crippen molar-refractivity contribution in [1.82, 2.24) is 24.8 Å². The molecule has 11 heteroatoms. The predicted octanol–water partition coefficient (Wildman–Crippen LogP) is 5.21. The van der Waals surface area contributed by atoms with Gasteiger partial charge in [0, 0.05) is 48.9 Å². The number of hydrogen-bond acceptors (Lipinski definition) is 10. The first-order valence-electron chi connectivity index (χ1n) is 13.7. The third-order valence-corrected chi connectivity index (χ3v) is 7.46. The second-order valence-corrected chi connectivity index (χ2v) is 10.3. The molecule has 2 fully saturated rings. The topological polar surface area (TPSA) is 101 Å². The van der Waals surface area contributed by atoms with Gasteiger partial charge < -0.3 is 29.9 Å². The fourth-order valence-electron chi connectivity index (χ4n) is 5.21. The Kier molecular flexibility index (Phi) is 7.45. The predicted molar refractivity (Wildman–Crippen MR) is 153 cm³/mol. The van der Waals surface area contributed by atoms with Crippen LogP contribution in [0.25, 0.3) is 10.9 Å². The molecule has 2 aliphatic rings. The third-order valence-electron chi connectivity index (χ3n) is 7.46. The van der Waals surface area contributed by atoms with Crippen LogP contribution in [0.5, 0.6) is 17.4 Å². The summed E-state index contributed by atoms with van der Waals surface area (Å²) >= 11 is 0. The SMILES string of the molecule is COc1cc2ncnc(Nc3ccc(Oc4ccnc(N5CCCC5)n4)cc3F)c2cc1NC1CCN(C)CC1. The number of methoxy groups -OCH3 is 1. The van der Waals surface area contributed by atoms with Gasteiger partial charge in [-0.2, -0.15) is 4.98 Å². The molecule has 4 aromatic rings. The van der Waals surface area contributed by atoms with Crippen LogP contribution in [-0.2, 0) is 0 Å². The van der Waals surface area contributed by atoms with Crippen molar-refractivity contribution in [3.8, 4) is 17.4 Å². The highest BCUT2D eigenvalue weighted by Crippen LogP contribution is 2.35. The summed E-state index contributed by atoms with van der Waals surface area (Å²) < 4.78 is 26.7. The second-order valence-electron chi connectivity index (χ2n) is 10.3. The highest BCUT2D eigenvalue weighted by Gasteiger charge is 2.20. The maximum atomic E-state index is 15.2. The third kappa shape index (κ3) is 5.69. The molecule has 0 bridgehead atoms. The molecule has 6 rings (SSSR count). The molecule has 2 N–H and O–H groups in total. The molecular weight excluding hydrogens is 511 g/mol. The number of anilines is 4. The number of likely N-dealkylation sites (tertiary alicyclic amines) is 1. The number of hydrogen-bond donors (Lipinski definition) is 2. The first-order chi connectivity index (χ1) is 19.6. The van der Waals surface area contributed by atoms with E-state index >= 15 is 4.39 Å². The summed E-state index contributed by atoms with van der Waals surface area (Å²) in [5, 5.41) is 7.52. The monoisotopic (exact) mass is 544 g/mol. The molecule has 208 valence electrons. The van der Waals surface area contributed by atoms with Crippen molar-refractivity contribution in [2.45, 2.75) is 31.7 Å². The minimum Gasteiger partial charge on any atom is -0.495 e. The number of piperidine rings is 1. The molecule has 0 spiro atoms. The summed E-state index contributed by atoms with van der Waals surface area (Å²) in [6.07, 6.45) is 7.45. The van der Waals surface area contributed by atoms with Gasteiger partial charge in [-0.3, -0.25) is 0 Å². The highest BCUT2D eigenvalue weighted by molar-refractivity contribution is 5.95. The Morgan fingerprint density at radius 2 is 1.77 bits per heavy atom. The second kappa shape index (κ2) is 11.5. The lowest BCUT2D eigenvalue weighted by molar-refractivity contribution is 0.263. The Bertz CT molecular complexity index is 1490. The average Bonchev–Trinajstić information content (AvgIpc) is 3.51. The summed E-state index contributed by atoms with van der Waals surface area (Å²) in [5.74, 6) is 2.08. The van der Waals surface area contributed by atoms with Crippen molar-refractivity contribution in [3.63, 3.8) is 0 Å². The van der Waals surface area contributed by atoms with Crippen LogP contribution in [0.1, 0.15) is 25.7 Å². The number of nitrogens with one attached hydrogen (secondary N) is 2. The van der Waals surface area contributed by atoms with Gasteiger partial charge in [-0.15, -0.1) is 0 Å². The average molecular weight is 545 g/mol. The van der Waals surface area contributed by atoms with E-state index in [0.29, 0.717) is 40.7 Å². The molecule has 0 aliphatic carbocycles. The molecule has 2 aliphatic heterocycles. The van der Waals surface area contributed by atoms with Crippen molar-refractivity contribution < 1.29 is 13.9 Å². The fourth-order valence-corrected chi connectivity index (χ4v) is 5.21. The van der Waals surface area contributed by atoms with Gasteiger partial charge in [0.2, 0.25) is 11.8 Å². The van der Waals surface area contributed by atoms with E-state index in [1.807, 2.05) is 12.1 Å². The van der Waals surface area contributed by atoms with E-state index in [1.54, 1.807) is 31.5 Å². The van der Waals surface area contributed by atoms with E-state index in [0.717, 1.165) is 62.9 Å². The maximum Gasteiger partial charge on any atom is 0.228 e. The molecule has 4 heterocycles. The maximum absolute atomic E-state index is 15.2. The number of nitrogens with zero attached hydrogens (tertiary/aromatic N) is 6. The van der Waals surface area contributed by atoms with Crippen LogP contribution in [0.3, 0.4) is 0 Å². The van der Waals surface area contributed by atoms with Gasteiger partial charge in [-0.25, -0.2) is 19.3 Å². The quantitative estimate of drug-likeness (QED) is 0.307. The first-order valence-corrected chi connectivity index (χ1v) is 13.7. The number of benzene rings is 2. The molecule has 10 nitrogen and oxygen atoms in total. The highest BCUT2D eigenvalue weighted by atomic mass is 19.1. The summed E-state index contributed by atoms with van der Waals surface area (Å²) in [6.45, 7) is 3.94. The number of halogens is 1. The van der Waals surface area contributed by atoms with Gasteiger partial charge in [-0.1, -0.05) is 0 Å². The van der Waals surface area contributed by atoms with Crippen molar-refractivity contribution in [2.75, 3.05) is 55.9 Å². The Labute approximate surface area is 232 Å². The van der Waals surface area contributed by atoms with E-state index in [1.165, 1.54) is 12.4 Å². The van der Waals surface area contributed by atoms with Crippen LogP contribution in [0.2, 0.25) is 0 Å². The summed E-state index contributed by atoms with van der Waals surface area (Å²) in [7, 11) is 3.79. The van der Waals surface area contributed by atoms with Crippen LogP contribution >= 0.6 is 0 Å². The van der Waals surface area contributed by atoms with Gasteiger partial charge in [-0.05, 0) is 64.0 Å². The minimum absolute atomic E-state index is 0.272. The van der Waals surface area contributed by atoms with Crippen molar-refractivity contribution >= 4 is 34.0 Å². The molecule has 40 heavy (non-hydrogen) atoms. The molecule has 2 aromatic carbocycles. The molecule has 0 atom stereocenters. The standard InChI is InChI=1S/C29H33FN8O2/c1-37-13-8-19(9-14-37)34-25-16-21-24(17-26(25)39-2)32-18-33-28(21)35-23-6-5-20(15-22(23)30)40-27-7-10-31-29(36-27)38-11-3-4-12-38/h5-7,10,15-19,34H,3-4,8-9,11-14H2,1-2H3,(H,32,33,35). The molecular formula is C29H33FN8O2. The molecule has 2 saturated heterocycles. The molecule has 2 aromatic heterocycles. The number of ether oxygens (including phenoxy) is 2. The number of aromatic nitrogens is 4. The van der Waals surface area contributed by atoms with E-state index in [4.69, 9.17) is 9.47 Å². The zero-order chi connectivity index (χ0) is 27.5. The zero-order valence-corrected chi connectivity index (χ0v) is 22.7. The molecule has 0 saturated carbocycles. The van der Waals surface area contributed by atoms with Crippen LogP contribution in [-0.4, -0.2) is 71.2 Å². The number of fused-ring (bicyclic) bond motifs is 1. The molecule has 0 radical (unpaired) electrons. The minimum atomic E-state index is -0.476. The van der Waals surface area contributed by atoms with E-state index in [9.17, 15) is 0 Å². The van der Waals surface area contributed by atoms with E-state index in [-0.39, 0.29) is 5.69 Å². The van der Waals surface area contributed by atoms with Gasteiger partial charge in [0.15, 0.2) is 0 Å². The van der Waals surface area contributed by atoms with Crippen LogP contribution in [0.15, 0.2) is 48.9 Å². The number of rotatable bonds is 8. The van der Waals surface area contributed by atoms with Gasteiger partial charge >= 0.3 is 0 Å². The normalized spacial score (nSPS) is 16.3. The van der Waals surface area contributed by atoms with Crippen molar-refractivity contribution in [2.24, 2.45) is 0 Å². The van der Waals surface area contributed by atoms with Crippen LogP contribution in [0.4, 0.5) is 27.5 Å². The summed E-state index contributed by atoms with van der Waals surface area (Å²) in [5.41, 5.74) is 1.83. The Hall–Kier alpha value is -4.25.